The maximum absolute atomic E-state index is 12.8. The molecule has 1 atom stereocenters. The van der Waals surface area contributed by atoms with Gasteiger partial charge in [-0.3, -0.25) is 0 Å². The van der Waals surface area contributed by atoms with Gasteiger partial charge < -0.3 is 4.74 Å². The molecule has 0 bridgehead atoms. The van der Waals surface area contributed by atoms with Crippen LogP contribution >= 0.6 is 11.6 Å². The largest absolute Gasteiger partial charge is 0.499 e. The molecular weight excluding hydrogens is 288 g/mol. The number of benzene rings is 1. The first kappa shape index (κ1) is 15.8. The molecule has 2 amide bonds. The molecule has 2 rings (SSSR count). The van der Waals surface area contributed by atoms with E-state index < -0.39 is 6.23 Å². The van der Waals surface area contributed by atoms with Crippen molar-refractivity contribution in [3.8, 4) is 0 Å². The minimum absolute atomic E-state index is 0.0244. The smallest absolute Gasteiger partial charge is 0.418 e. The van der Waals surface area contributed by atoms with E-state index in [-0.39, 0.29) is 18.1 Å². The van der Waals surface area contributed by atoms with Crippen LogP contribution in [0.4, 0.5) is 4.79 Å². The van der Waals surface area contributed by atoms with Crippen molar-refractivity contribution in [2.24, 2.45) is 0 Å². The lowest BCUT2D eigenvalue weighted by molar-refractivity contribution is -0.496. The van der Waals surface area contributed by atoms with E-state index in [1.807, 2.05) is 58.9 Å². The summed E-state index contributed by atoms with van der Waals surface area (Å²) in [4.78, 5) is 14.6. The van der Waals surface area contributed by atoms with Gasteiger partial charge in [-0.25, -0.2) is 0 Å². The zero-order valence-corrected chi connectivity index (χ0v) is 13.9. The van der Waals surface area contributed by atoms with Gasteiger partial charge in [0, 0.05) is 17.5 Å². The van der Waals surface area contributed by atoms with Gasteiger partial charge in [0.05, 0.1) is 6.04 Å². The van der Waals surface area contributed by atoms with Gasteiger partial charge in [0.25, 0.3) is 12.1 Å². The predicted octanol–water partition coefficient (Wildman–Crippen LogP) is 4.04. The van der Waals surface area contributed by atoms with Crippen molar-refractivity contribution >= 4 is 23.5 Å². The van der Waals surface area contributed by atoms with Crippen molar-refractivity contribution in [3.63, 3.8) is 0 Å². The van der Waals surface area contributed by atoms with Gasteiger partial charge in [0.1, 0.15) is 6.04 Å². The molecule has 0 radical (unpaired) electrons. The topological polar surface area (TPSA) is 32.5 Å². The first-order valence-electron chi connectivity index (χ1n) is 7.20. The van der Waals surface area contributed by atoms with Crippen LogP contribution in [0.5, 0.6) is 0 Å². The molecule has 1 unspecified atom stereocenters. The number of halogens is 1. The highest BCUT2D eigenvalue weighted by molar-refractivity contribution is 6.30. The second-order valence-electron chi connectivity index (χ2n) is 5.79. The Hall–Kier alpha value is -1.55. The monoisotopic (exact) mass is 309 g/mol. The highest BCUT2D eigenvalue weighted by Gasteiger charge is 2.45. The van der Waals surface area contributed by atoms with Crippen LogP contribution in [-0.2, 0) is 4.74 Å². The molecule has 114 valence electrons. The highest BCUT2D eigenvalue weighted by atomic mass is 35.5. The summed E-state index contributed by atoms with van der Waals surface area (Å²) >= 11 is 5.94. The fraction of sp³-hybridized carbons (Fsp3) is 0.500. The molecule has 0 aromatic heterocycles. The minimum Gasteiger partial charge on any atom is -0.418 e. The van der Waals surface area contributed by atoms with Crippen LogP contribution in [0.2, 0.25) is 5.02 Å². The summed E-state index contributed by atoms with van der Waals surface area (Å²) in [5, 5.41) is 0.668. The lowest BCUT2D eigenvalue weighted by Crippen LogP contribution is -2.53. The minimum atomic E-state index is -0.412. The quantitative estimate of drug-likeness (QED) is 0.789. The van der Waals surface area contributed by atoms with Gasteiger partial charge >= 0.3 is 6.03 Å². The van der Waals surface area contributed by atoms with Gasteiger partial charge in [0.2, 0.25) is 0 Å². The molecule has 1 aromatic rings. The number of carbonyl (C=O) groups excluding carboxylic acids is 1. The number of carbonyl (C=O) groups is 1. The van der Waals surface area contributed by atoms with Gasteiger partial charge in [-0.15, -0.1) is 0 Å². The third kappa shape index (κ3) is 3.05. The normalized spacial score (nSPS) is 19.5. The third-order valence-electron chi connectivity index (χ3n) is 3.53. The molecule has 0 aliphatic carbocycles. The van der Waals surface area contributed by atoms with Crippen LogP contribution in [-0.4, -0.2) is 33.5 Å². The number of rotatable bonds is 3. The van der Waals surface area contributed by atoms with E-state index in [0.29, 0.717) is 10.9 Å². The Bertz CT molecular complexity index is 564. The fourth-order valence-corrected chi connectivity index (χ4v) is 2.69. The molecule has 0 N–H and O–H groups in total. The lowest BCUT2D eigenvalue weighted by Gasteiger charge is -2.33. The molecule has 1 aromatic carbocycles. The Balaban J connectivity index is 2.46. The molecule has 21 heavy (non-hydrogen) atoms. The van der Waals surface area contributed by atoms with Crippen molar-refractivity contribution in [1.29, 1.82) is 0 Å². The fourth-order valence-electron chi connectivity index (χ4n) is 2.57. The summed E-state index contributed by atoms with van der Waals surface area (Å²) < 4.78 is 7.72. The third-order valence-corrected chi connectivity index (χ3v) is 3.78. The summed E-state index contributed by atoms with van der Waals surface area (Å²) in [7, 11) is 0. The Labute approximate surface area is 131 Å². The molecule has 5 heteroatoms. The second kappa shape index (κ2) is 6.06. The Morgan fingerprint density at radius 1 is 1.19 bits per heavy atom. The maximum atomic E-state index is 12.8. The molecule has 4 nitrogen and oxygen atoms in total. The zero-order chi connectivity index (χ0) is 15.7. The van der Waals surface area contributed by atoms with Crippen LogP contribution in [0.3, 0.4) is 0 Å². The average Bonchev–Trinajstić information content (AvgIpc) is 2.37. The van der Waals surface area contributed by atoms with E-state index >= 15 is 0 Å². The molecule has 0 fully saturated rings. The van der Waals surface area contributed by atoms with Gasteiger partial charge in [-0.2, -0.15) is 14.3 Å². The van der Waals surface area contributed by atoms with Gasteiger partial charge in [-0.1, -0.05) is 11.6 Å². The number of ether oxygens (including phenoxy) is 1. The summed E-state index contributed by atoms with van der Waals surface area (Å²) in [5.41, 5.74) is 0.921. The molecule has 1 aliphatic heterocycles. The van der Waals surface area contributed by atoms with Crippen LogP contribution in [0.25, 0.3) is 0 Å². The highest BCUT2D eigenvalue weighted by Crippen LogP contribution is 2.30. The number of urea groups is 1. The van der Waals surface area contributed by atoms with E-state index in [9.17, 15) is 4.79 Å². The van der Waals surface area contributed by atoms with Gasteiger partial charge in [0.15, 0.2) is 0 Å². The Morgan fingerprint density at radius 3 is 2.24 bits per heavy atom. The van der Waals surface area contributed by atoms with E-state index in [1.54, 1.807) is 9.48 Å². The van der Waals surface area contributed by atoms with Crippen molar-refractivity contribution in [2.45, 2.75) is 52.9 Å². The van der Waals surface area contributed by atoms with Crippen molar-refractivity contribution in [3.05, 3.63) is 34.9 Å². The predicted molar refractivity (Wildman–Crippen MR) is 83.7 cm³/mol. The molecular formula is C16H22ClN2O2+. The van der Waals surface area contributed by atoms with Crippen LogP contribution in [0.1, 0.15) is 46.4 Å². The molecule has 1 heterocycles. The summed E-state index contributed by atoms with van der Waals surface area (Å²) in [6, 6.07) is 7.49. The van der Waals surface area contributed by atoms with Crippen LogP contribution in [0.15, 0.2) is 24.3 Å². The second-order valence-corrected chi connectivity index (χ2v) is 6.22. The first-order chi connectivity index (χ1) is 9.82. The van der Waals surface area contributed by atoms with Crippen LogP contribution < -0.4 is 0 Å². The molecule has 1 aliphatic rings. The number of amides is 2. The number of nitrogens with zero attached hydrogens (tertiary/aromatic N) is 2. The summed E-state index contributed by atoms with van der Waals surface area (Å²) in [6.45, 7) is 9.77. The van der Waals surface area contributed by atoms with E-state index in [0.717, 1.165) is 5.56 Å². The SMILES string of the molecule is CC1=[N+](C(C)C)C(=O)N(C(C)C)C(c2ccc(Cl)cc2)O1. The Kier molecular flexibility index (Phi) is 4.57. The zero-order valence-electron chi connectivity index (χ0n) is 13.1. The molecule has 0 saturated carbocycles. The van der Waals surface area contributed by atoms with Crippen molar-refractivity contribution in [2.75, 3.05) is 0 Å². The standard InChI is InChI=1S/C16H22ClN2O2/c1-10(2)18-12(5)21-15(19(11(3)4)16(18)20)13-6-8-14(17)9-7-13/h6-11,15H,1-5H3/q+1. The number of hydrogen-bond acceptors (Lipinski definition) is 2. The van der Waals surface area contributed by atoms with Crippen LogP contribution in [0, 0.1) is 0 Å². The average molecular weight is 310 g/mol. The van der Waals surface area contributed by atoms with Crippen molar-refractivity contribution < 1.29 is 14.1 Å². The van der Waals surface area contributed by atoms with E-state index in [2.05, 4.69) is 0 Å². The van der Waals surface area contributed by atoms with E-state index in [4.69, 9.17) is 16.3 Å². The lowest BCUT2D eigenvalue weighted by atomic mass is 10.1. The molecule has 0 saturated heterocycles. The molecule has 0 spiro atoms. The van der Waals surface area contributed by atoms with E-state index in [1.165, 1.54) is 0 Å². The Morgan fingerprint density at radius 2 is 1.76 bits per heavy atom. The summed E-state index contributed by atoms with van der Waals surface area (Å²) in [6.07, 6.45) is -0.412. The number of hydrogen-bond donors (Lipinski definition) is 0. The maximum Gasteiger partial charge on any atom is 0.499 e. The summed E-state index contributed by atoms with van der Waals surface area (Å²) in [5.74, 6) is 0.631. The van der Waals surface area contributed by atoms with Gasteiger partial charge in [-0.05, 0) is 52.0 Å². The van der Waals surface area contributed by atoms with Crippen molar-refractivity contribution in [1.82, 2.24) is 4.90 Å². The first-order valence-corrected chi connectivity index (χ1v) is 7.58.